The Morgan fingerprint density at radius 2 is 2.25 bits per heavy atom. The van der Waals surface area contributed by atoms with E-state index in [4.69, 9.17) is 0 Å². The van der Waals surface area contributed by atoms with Gasteiger partial charge in [0.15, 0.2) is 0 Å². The monoisotopic (exact) mass is 204 g/mol. The molecule has 12 heavy (non-hydrogen) atoms. The van der Waals surface area contributed by atoms with Crippen LogP contribution in [0.1, 0.15) is 33.1 Å². The molecule has 1 heterocycles. The van der Waals surface area contributed by atoms with Gasteiger partial charge in [-0.05, 0) is 17.6 Å². The lowest BCUT2D eigenvalue weighted by Gasteiger charge is -2.21. The molecule has 70 valence electrons. The van der Waals surface area contributed by atoms with Crippen LogP contribution in [0.4, 0.5) is 0 Å². The SMILES string of the molecule is CCCC1=C(CC)[S+]([O-])CCS1. The highest BCUT2D eigenvalue weighted by atomic mass is 32.2. The Hall–Kier alpha value is 0.400. The van der Waals surface area contributed by atoms with Gasteiger partial charge in [-0.25, -0.2) is 0 Å². The normalized spacial score (nSPS) is 24.8. The fraction of sp³-hybridized carbons (Fsp3) is 0.778. The second-order valence-electron chi connectivity index (χ2n) is 2.85. The van der Waals surface area contributed by atoms with Gasteiger partial charge in [-0.3, -0.25) is 0 Å². The Balaban J connectivity index is 2.71. The van der Waals surface area contributed by atoms with Crippen molar-refractivity contribution in [1.29, 1.82) is 0 Å². The van der Waals surface area contributed by atoms with E-state index in [1.54, 1.807) is 0 Å². The van der Waals surface area contributed by atoms with Crippen LogP contribution in [0.15, 0.2) is 9.81 Å². The van der Waals surface area contributed by atoms with E-state index in [1.165, 1.54) is 16.2 Å². The van der Waals surface area contributed by atoms with E-state index >= 15 is 0 Å². The van der Waals surface area contributed by atoms with Gasteiger partial charge in [-0.1, -0.05) is 20.3 Å². The van der Waals surface area contributed by atoms with Crippen LogP contribution in [0.5, 0.6) is 0 Å². The predicted octanol–water partition coefficient (Wildman–Crippen LogP) is 2.90. The van der Waals surface area contributed by atoms with Gasteiger partial charge in [0.1, 0.15) is 10.7 Å². The van der Waals surface area contributed by atoms with E-state index in [9.17, 15) is 4.55 Å². The van der Waals surface area contributed by atoms with Crippen LogP contribution in [0.3, 0.4) is 0 Å². The summed E-state index contributed by atoms with van der Waals surface area (Å²) in [6.45, 7) is 4.28. The largest absolute Gasteiger partial charge is 0.612 e. The average Bonchev–Trinajstić information content (AvgIpc) is 2.05. The van der Waals surface area contributed by atoms with Crippen LogP contribution in [0.2, 0.25) is 0 Å². The molecule has 0 saturated carbocycles. The molecule has 0 amide bonds. The Bertz CT molecular complexity index is 177. The molecule has 1 rings (SSSR count). The Kier molecular flexibility index (Phi) is 4.54. The van der Waals surface area contributed by atoms with Crippen LogP contribution in [0, 0.1) is 0 Å². The van der Waals surface area contributed by atoms with Crippen LogP contribution in [-0.4, -0.2) is 16.1 Å². The quantitative estimate of drug-likeness (QED) is 0.660. The summed E-state index contributed by atoms with van der Waals surface area (Å²) in [5, 5.41) is 0. The number of rotatable bonds is 3. The molecule has 0 bridgehead atoms. The van der Waals surface area contributed by atoms with E-state index in [-0.39, 0.29) is 0 Å². The standard InChI is InChI=1S/C9H16OS2/c1-3-5-8-9(4-2)12(10)7-6-11-8/h3-7H2,1-2H3. The third-order valence-electron chi connectivity index (χ3n) is 1.93. The fourth-order valence-corrected chi connectivity index (χ4v) is 4.59. The Morgan fingerprint density at radius 3 is 2.83 bits per heavy atom. The molecule has 1 nitrogen and oxygen atoms in total. The van der Waals surface area contributed by atoms with Crippen molar-refractivity contribution in [2.45, 2.75) is 33.1 Å². The maximum absolute atomic E-state index is 11.6. The lowest BCUT2D eigenvalue weighted by molar-refractivity contribution is 0.600. The molecule has 1 atom stereocenters. The smallest absolute Gasteiger partial charge is 0.138 e. The topological polar surface area (TPSA) is 23.1 Å². The van der Waals surface area contributed by atoms with Crippen molar-refractivity contribution in [2.24, 2.45) is 0 Å². The first-order valence-corrected chi connectivity index (χ1v) is 6.83. The molecular formula is C9H16OS2. The summed E-state index contributed by atoms with van der Waals surface area (Å²) in [4.78, 5) is 2.62. The van der Waals surface area contributed by atoms with E-state index in [0.717, 1.165) is 24.3 Å². The summed E-state index contributed by atoms with van der Waals surface area (Å²) in [5.74, 6) is 1.91. The van der Waals surface area contributed by atoms with Crippen molar-refractivity contribution in [2.75, 3.05) is 11.5 Å². The average molecular weight is 204 g/mol. The number of hydrogen-bond acceptors (Lipinski definition) is 2. The van der Waals surface area contributed by atoms with Gasteiger partial charge in [0.05, 0.1) is 0 Å². The highest BCUT2D eigenvalue weighted by molar-refractivity contribution is 8.07. The lowest BCUT2D eigenvalue weighted by atomic mass is 10.3. The summed E-state index contributed by atoms with van der Waals surface area (Å²) in [7, 11) is 0. The van der Waals surface area contributed by atoms with Crippen molar-refractivity contribution in [1.82, 2.24) is 0 Å². The van der Waals surface area contributed by atoms with Crippen molar-refractivity contribution in [3.63, 3.8) is 0 Å². The van der Waals surface area contributed by atoms with Gasteiger partial charge in [0.25, 0.3) is 0 Å². The molecule has 1 aliphatic heterocycles. The van der Waals surface area contributed by atoms with Gasteiger partial charge in [-0.15, -0.1) is 11.8 Å². The van der Waals surface area contributed by atoms with Crippen molar-refractivity contribution in [3.8, 4) is 0 Å². The molecule has 0 aromatic carbocycles. The molecule has 0 aromatic heterocycles. The van der Waals surface area contributed by atoms with Crippen LogP contribution in [0.25, 0.3) is 0 Å². The molecule has 0 radical (unpaired) electrons. The van der Waals surface area contributed by atoms with Crippen molar-refractivity contribution < 1.29 is 4.55 Å². The molecule has 1 aliphatic rings. The summed E-state index contributed by atoms with van der Waals surface area (Å²) in [6, 6.07) is 0. The molecule has 0 spiro atoms. The summed E-state index contributed by atoms with van der Waals surface area (Å²) < 4.78 is 11.6. The molecule has 0 N–H and O–H groups in total. The van der Waals surface area contributed by atoms with Gasteiger partial charge in [0, 0.05) is 17.1 Å². The summed E-state index contributed by atoms with van der Waals surface area (Å²) in [6.07, 6.45) is 3.26. The third kappa shape index (κ3) is 2.44. The zero-order valence-corrected chi connectivity index (χ0v) is 9.39. The third-order valence-corrected chi connectivity index (χ3v) is 5.18. The predicted molar refractivity (Wildman–Crippen MR) is 57.7 cm³/mol. The van der Waals surface area contributed by atoms with Gasteiger partial charge >= 0.3 is 0 Å². The first-order chi connectivity index (χ1) is 5.79. The van der Waals surface area contributed by atoms with E-state index < -0.39 is 11.2 Å². The summed E-state index contributed by atoms with van der Waals surface area (Å²) >= 11 is 1.26. The minimum Gasteiger partial charge on any atom is -0.612 e. The molecular weight excluding hydrogens is 188 g/mol. The Morgan fingerprint density at radius 1 is 1.50 bits per heavy atom. The first-order valence-electron chi connectivity index (χ1n) is 4.52. The van der Waals surface area contributed by atoms with Crippen LogP contribution >= 0.6 is 11.8 Å². The number of thioether (sulfide) groups is 1. The zero-order chi connectivity index (χ0) is 8.97. The van der Waals surface area contributed by atoms with Gasteiger partial charge in [-0.2, -0.15) is 0 Å². The maximum Gasteiger partial charge on any atom is 0.138 e. The molecule has 0 aromatic rings. The maximum atomic E-state index is 11.6. The van der Waals surface area contributed by atoms with Gasteiger partial charge < -0.3 is 4.55 Å². The van der Waals surface area contributed by atoms with Gasteiger partial charge in [0.2, 0.25) is 0 Å². The molecule has 0 fully saturated rings. The second-order valence-corrected chi connectivity index (χ2v) is 5.63. The van der Waals surface area contributed by atoms with E-state index in [2.05, 4.69) is 13.8 Å². The summed E-state index contributed by atoms with van der Waals surface area (Å²) in [5.41, 5.74) is 0. The van der Waals surface area contributed by atoms with E-state index in [0.29, 0.717) is 0 Å². The minimum absolute atomic E-state index is 0.651. The highest BCUT2D eigenvalue weighted by Gasteiger charge is 2.23. The molecule has 3 heteroatoms. The van der Waals surface area contributed by atoms with Crippen LogP contribution < -0.4 is 0 Å². The second kappa shape index (κ2) is 5.20. The lowest BCUT2D eigenvalue weighted by Crippen LogP contribution is -2.16. The number of allylic oxidation sites excluding steroid dienone is 2. The van der Waals surface area contributed by atoms with Crippen molar-refractivity contribution in [3.05, 3.63) is 9.81 Å². The molecule has 1 unspecified atom stereocenters. The van der Waals surface area contributed by atoms with E-state index in [1.807, 2.05) is 11.8 Å². The fourth-order valence-electron chi connectivity index (χ4n) is 1.37. The first kappa shape index (κ1) is 10.5. The number of hydrogen-bond donors (Lipinski definition) is 0. The minimum atomic E-state index is -0.651. The zero-order valence-electron chi connectivity index (χ0n) is 7.76. The van der Waals surface area contributed by atoms with Crippen molar-refractivity contribution >= 4 is 22.9 Å². The Labute approximate surface area is 82.2 Å². The van der Waals surface area contributed by atoms with Crippen LogP contribution in [-0.2, 0) is 11.2 Å². The molecule has 0 aliphatic carbocycles. The molecule has 0 saturated heterocycles. The highest BCUT2D eigenvalue weighted by Crippen LogP contribution is 2.34.